The number of nitrogen functional groups attached to an aromatic ring is 1. The predicted molar refractivity (Wildman–Crippen MR) is 143 cm³/mol. The Kier molecular flexibility index (Phi) is 7.24. The highest BCUT2D eigenvalue weighted by Crippen LogP contribution is 2.44. The highest BCUT2D eigenvalue weighted by molar-refractivity contribution is 8.17. The number of aliphatic carboxylic acids is 1. The number of pyridine rings is 1. The van der Waals surface area contributed by atoms with Crippen LogP contribution in [0.5, 0.6) is 0 Å². The van der Waals surface area contributed by atoms with Gasteiger partial charge in [0.15, 0.2) is 15.5 Å². The number of carbonyl (C=O) groups excluding carboxylic acids is 2. The number of β-lactam (4-membered cyclic amide) rings is 1. The lowest BCUT2D eigenvalue weighted by molar-refractivity contribution is -0.658. The van der Waals surface area contributed by atoms with Gasteiger partial charge < -0.3 is 21.0 Å². The van der Waals surface area contributed by atoms with Gasteiger partial charge in [0.05, 0.1) is 13.2 Å². The van der Waals surface area contributed by atoms with Crippen molar-refractivity contribution in [2.24, 2.45) is 12.2 Å². The molecule has 2 amide bonds. The van der Waals surface area contributed by atoms with Gasteiger partial charge in [-0.15, -0.1) is 23.1 Å². The largest absolute Gasteiger partial charge is 0.477 e. The molecule has 5 rings (SSSR count). The standard InChI is InChI=1S/C21H21N7O5S4/c1-27-5-3-4-11-15(27)25-21(37-11)36-7-9-6-34-18-13(17(30)28(18)14(9)19(31)32)24-16(29)12(26-33-2)10-8-35-20(22)23-10/h3-5,8,13,18,21H,6-7H2,1-2H3,(H4,22,23,24,29,31,32)/p+1/b26-12-/t13?,18-,21?/m1/s1. The summed E-state index contributed by atoms with van der Waals surface area (Å²) in [6.45, 7) is 0. The van der Waals surface area contributed by atoms with Crippen LogP contribution < -0.4 is 20.9 Å². The summed E-state index contributed by atoms with van der Waals surface area (Å²) in [6.07, 6.45) is 1.96. The van der Waals surface area contributed by atoms with E-state index in [0.717, 1.165) is 22.1 Å². The van der Waals surface area contributed by atoms with Crippen molar-refractivity contribution in [3.05, 3.63) is 40.7 Å². The number of rotatable bonds is 8. The Hall–Kier alpha value is -2.95. The number of aryl methyl sites for hydroxylation is 1. The lowest BCUT2D eigenvalue weighted by Gasteiger charge is -2.49. The number of fused-ring (bicyclic) bond motifs is 2. The zero-order valence-corrected chi connectivity index (χ0v) is 22.8. The summed E-state index contributed by atoms with van der Waals surface area (Å²) in [6, 6.07) is 3.11. The molecule has 3 atom stereocenters. The van der Waals surface area contributed by atoms with Gasteiger partial charge in [-0.25, -0.2) is 14.3 Å². The Bertz CT molecular complexity index is 1350. The average molecular weight is 581 g/mol. The smallest absolute Gasteiger partial charge is 0.352 e. The molecule has 2 aromatic heterocycles. The number of amides is 2. The lowest BCUT2D eigenvalue weighted by atomic mass is 10.0. The molecule has 16 heteroatoms. The maximum Gasteiger partial charge on any atom is 0.352 e. The Balaban J connectivity index is 1.27. The Morgan fingerprint density at radius 3 is 2.97 bits per heavy atom. The maximum atomic E-state index is 13.0. The van der Waals surface area contributed by atoms with Crippen LogP contribution in [-0.4, -0.2) is 73.2 Å². The molecule has 0 aromatic carbocycles. The van der Waals surface area contributed by atoms with E-state index in [4.69, 9.17) is 10.6 Å². The Morgan fingerprint density at radius 1 is 1.49 bits per heavy atom. The van der Waals surface area contributed by atoms with Crippen LogP contribution in [0, 0.1) is 0 Å². The topological polar surface area (TPSA) is 163 Å². The van der Waals surface area contributed by atoms with Crippen LogP contribution in [0.15, 0.2) is 45.0 Å². The van der Waals surface area contributed by atoms with Crippen molar-refractivity contribution in [2.75, 3.05) is 29.7 Å². The van der Waals surface area contributed by atoms with Crippen molar-refractivity contribution in [3.63, 3.8) is 0 Å². The minimum Gasteiger partial charge on any atom is -0.477 e. The molecule has 3 aliphatic heterocycles. The Morgan fingerprint density at radius 2 is 2.30 bits per heavy atom. The van der Waals surface area contributed by atoms with Crippen LogP contribution in [0.4, 0.5) is 10.9 Å². The average Bonchev–Trinajstić information content (AvgIpc) is 3.50. The summed E-state index contributed by atoms with van der Waals surface area (Å²) >= 11 is 5.80. The van der Waals surface area contributed by atoms with Crippen molar-refractivity contribution in [3.8, 4) is 0 Å². The molecule has 12 nitrogen and oxygen atoms in total. The molecule has 0 radical (unpaired) electrons. The first kappa shape index (κ1) is 25.7. The van der Waals surface area contributed by atoms with E-state index in [1.807, 2.05) is 29.9 Å². The van der Waals surface area contributed by atoms with E-state index in [1.165, 1.54) is 23.8 Å². The number of nitrogens with one attached hydrogen (secondary N) is 2. The zero-order valence-electron chi connectivity index (χ0n) is 19.5. The number of carbonyl (C=O) groups is 3. The van der Waals surface area contributed by atoms with Gasteiger partial charge in [-0.1, -0.05) is 28.7 Å². The summed E-state index contributed by atoms with van der Waals surface area (Å²) in [5.74, 6) is -0.433. The van der Waals surface area contributed by atoms with Crippen molar-refractivity contribution in [1.29, 1.82) is 0 Å². The normalized spacial score (nSPS) is 22.6. The van der Waals surface area contributed by atoms with Crippen molar-refractivity contribution >= 4 is 81.1 Å². The predicted octanol–water partition coefficient (Wildman–Crippen LogP) is 0.874. The van der Waals surface area contributed by atoms with Gasteiger partial charge in [0.25, 0.3) is 17.6 Å². The first-order valence-corrected chi connectivity index (χ1v) is 14.7. The van der Waals surface area contributed by atoms with E-state index >= 15 is 0 Å². The number of thiazole rings is 1. The molecule has 0 aliphatic carbocycles. The lowest BCUT2D eigenvalue weighted by Crippen LogP contribution is -2.71. The van der Waals surface area contributed by atoms with Gasteiger partial charge >= 0.3 is 5.97 Å². The van der Waals surface area contributed by atoms with E-state index < -0.39 is 29.2 Å². The summed E-state index contributed by atoms with van der Waals surface area (Å²) in [7, 11) is 3.25. The van der Waals surface area contributed by atoms with Crippen LogP contribution in [0.2, 0.25) is 0 Å². The fourth-order valence-electron chi connectivity index (χ4n) is 4.06. The monoisotopic (exact) mass is 580 g/mol. The van der Waals surface area contributed by atoms with Gasteiger partial charge in [0.1, 0.15) is 34.8 Å². The van der Waals surface area contributed by atoms with Crippen molar-refractivity contribution < 1.29 is 28.9 Å². The fraction of sp³-hybridized carbons (Fsp3) is 0.333. The number of oxime groups is 1. The number of thioether (sulfide) groups is 3. The molecule has 0 spiro atoms. The number of nitrogens with zero attached hydrogens (tertiary/aromatic N) is 4. The molecule has 2 aromatic rings. The van der Waals surface area contributed by atoms with Gasteiger partial charge in [0, 0.05) is 16.9 Å². The maximum absolute atomic E-state index is 13.0. The summed E-state index contributed by atoms with van der Waals surface area (Å²) < 4.78 is 2.02. The Labute approximate surface area is 228 Å². The summed E-state index contributed by atoms with van der Waals surface area (Å²) in [5.41, 5.74) is 6.41. The van der Waals surface area contributed by atoms with Crippen LogP contribution in [-0.2, 0) is 26.3 Å². The fourth-order valence-corrected chi connectivity index (χ4v) is 8.53. The quantitative estimate of drug-likeness (QED) is 0.152. The highest BCUT2D eigenvalue weighted by Gasteiger charge is 2.54. The number of carboxylic acid groups (broad SMARTS) is 1. The summed E-state index contributed by atoms with van der Waals surface area (Å²) in [5, 5.41) is 21.1. The number of hydrogen-bond acceptors (Lipinski definition) is 12. The van der Waals surface area contributed by atoms with Gasteiger partial charge in [-0.2, -0.15) is 0 Å². The molecular weight excluding hydrogens is 559 g/mol. The molecular formula is C21H22N7O5S4+. The minimum atomic E-state index is -1.17. The van der Waals surface area contributed by atoms with Crippen LogP contribution >= 0.6 is 46.6 Å². The molecule has 194 valence electrons. The van der Waals surface area contributed by atoms with Crippen LogP contribution in [0.1, 0.15) is 5.69 Å². The van der Waals surface area contributed by atoms with E-state index in [0.29, 0.717) is 17.1 Å². The van der Waals surface area contributed by atoms with Gasteiger partial charge in [-0.3, -0.25) is 19.8 Å². The molecule has 1 saturated heterocycles. The molecule has 0 bridgehead atoms. The summed E-state index contributed by atoms with van der Waals surface area (Å²) in [4.78, 5) is 49.3. The molecule has 5 N–H and O–H groups in total. The molecule has 0 saturated carbocycles. The highest BCUT2D eigenvalue weighted by atomic mass is 32.2. The van der Waals surface area contributed by atoms with Gasteiger partial charge in [0.2, 0.25) is 0 Å². The van der Waals surface area contributed by atoms with Crippen LogP contribution in [0.25, 0.3) is 0 Å². The third kappa shape index (κ3) is 4.85. The molecule has 3 aliphatic rings. The van der Waals surface area contributed by atoms with Crippen molar-refractivity contribution in [2.45, 2.75) is 21.0 Å². The molecule has 5 heterocycles. The molecule has 37 heavy (non-hydrogen) atoms. The minimum absolute atomic E-state index is 0.0177. The van der Waals surface area contributed by atoms with Gasteiger partial charge in [-0.05, 0) is 17.7 Å². The number of nitrogens with two attached hydrogens (primary N) is 1. The second-order valence-electron chi connectivity index (χ2n) is 8.05. The third-order valence-corrected chi connectivity index (χ3v) is 10.3. The SMILES string of the molecule is CO/N=C(\C(=O)NC1C(=O)N2C(C(=O)O)=C(CSC3Nc4c(ccc[n+]4C)S3)CS[C@H]12)c1csc(N)n1. The van der Waals surface area contributed by atoms with Crippen molar-refractivity contribution in [1.82, 2.24) is 15.2 Å². The van der Waals surface area contributed by atoms with E-state index in [2.05, 4.69) is 20.8 Å². The van der Waals surface area contributed by atoms with E-state index in [1.54, 1.807) is 28.9 Å². The number of carboxylic acids is 1. The van der Waals surface area contributed by atoms with Crippen LogP contribution in [0.3, 0.4) is 0 Å². The third-order valence-electron chi connectivity index (χ3n) is 5.74. The second-order valence-corrected chi connectivity index (χ2v) is 12.6. The van der Waals surface area contributed by atoms with E-state index in [9.17, 15) is 19.5 Å². The second kappa shape index (κ2) is 10.4. The number of aromatic nitrogens is 2. The zero-order chi connectivity index (χ0) is 26.3. The first-order valence-electron chi connectivity index (χ1n) is 10.8. The molecule has 1 fully saturated rings. The first-order chi connectivity index (χ1) is 17.8. The number of hydrogen-bond donors (Lipinski definition) is 4. The molecule has 2 unspecified atom stereocenters. The van der Waals surface area contributed by atoms with E-state index in [-0.39, 0.29) is 26.9 Å². The number of anilines is 2.